The van der Waals surface area contributed by atoms with Gasteiger partial charge in [0.15, 0.2) is 5.13 Å². The number of anilines is 2. The molecule has 0 aliphatic carbocycles. The van der Waals surface area contributed by atoms with E-state index in [9.17, 15) is 4.79 Å². The molecule has 4 aromatic heterocycles. The third-order valence-electron chi connectivity index (χ3n) is 5.49. The van der Waals surface area contributed by atoms with E-state index in [2.05, 4.69) is 25.6 Å². The van der Waals surface area contributed by atoms with Gasteiger partial charge in [0.05, 0.1) is 5.69 Å². The molecule has 1 atom stereocenters. The van der Waals surface area contributed by atoms with E-state index < -0.39 is 0 Å². The number of thiazole rings is 1. The molecular weight excluding hydrogens is 408 g/mol. The molecule has 1 amide bonds. The predicted molar refractivity (Wildman–Crippen MR) is 122 cm³/mol. The number of nitrogens with one attached hydrogen (secondary N) is 1. The number of aromatic nitrogens is 4. The van der Waals surface area contributed by atoms with E-state index in [1.165, 1.54) is 11.3 Å². The van der Waals surface area contributed by atoms with Gasteiger partial charge >= 0.3 is 0 Å². The summed E-state index contributed by atoms with van der Waals surface area (Å²) in [5, 5.41) is 5.65. The molecule has 31 heavy (non-hydrogen) atoms. The molecule has 0 spiro atoms. The number of pyridine rings is 2. The summed E-state index contributed by atoms with van der Waals surface area (Å²) in [6.07, 6.45) is 8.28. The zero-order chi connectivity index (χ0) is 21.0. The van der Waals surface area contributed by atoms with Gasteiger partial charge in [0.25, 0.3) is 5.91 Å². The Morgan fingerprint density at radius 1 is 1.13 bits per heavy atom. The molecular formula is C23H22N6OS. The van der Waals surface area contributed by atoms with Crippen LogP contribution in [0.5, 0.6) is 0 Å². The van der Waals surface area contributed by atoms with Crippen LogP contribution in [-0.4, -0.2) is 38.5 Å². The van der Waals surface area contributed by atoms with Gasteiger partial charge in [-0.1, -0.05) is 6.07 Å². The molecule has 1 aliphatic rings. The molecule has 1 fully saturated rings. The van der Waals surface area contributed by atoms with Gasteiger partial charge in [-0.15, -0.1) is 11.3 Å². The van der Waals surface area contributed by atoms with Crippen LogP contribution in [0.25, 0.3) is 0 Å². The lowest BCUT2D eigenvalue weighted by molar-refractivity contribution is 0.101. The van der Waals surface area contributed by atoms with E-state index >= 15 is 0 Å². The van der Waals surface area contributed by atoms with Gasteiger partial charge < -0.3 is 9.47 Å². The Kier molecular flexibility index (Phi) is 5.45. The first-order chi connectivity index (χ1) is 15.3. The highest BCUT2D eigenvalue weighted by atomic mass is 32.1. The summed E-state index contributed by atoms with van der Waals surface area (Å²) >= 11 is 1.47. The van der Waals surface area contributed by atoms with E-state index in [4.69, 9.17) is 4.98 Å². The molecule has 0 saturated carbocycles. The first kappa shape index (κ1) is 19.4. The minimum atomic E-state index is -0.151. The highest BCUT2D eigenvalue weighted by molar-refractivity contribution is 7.14. The number of nitrogens with zero attached hydrogens (tertiary/aromatic N) is 5. The minimum Gasteiger partial charge on any atom is -0.356 e. The van der Waals surface area contributed by atoms with E-state index in [-0.39, 0.29) is 5.91 Å². The first-order valence-corrected chi connectivity index (χ1v) is 11.1. The molecule has 1 saturated heterocycles. The number of hydrogen-bond donors (Lipinski definition) is 1. The van der Waals surface area contributed by atoms with Crippen LogP contribution >= 0.6 is 11.3 Å². The molecule has 0 bridgehead atoms. The van der Waals surface area contributed by atoms with Crippen molar-refractivity contribution < 1.29 is 4.79 Å². The van der Waals surface area contributed by atoms with Crippen molar-refractivity contribution >= 4 is 28.2 Å². The van der Waals surface area contributed by atoms with E-state index in [1.807, 2.05) is 59.4 Å². The largest absolute Gasteiger partial charge is 0.356 e. The van der Waals surface area contributed by atoms with Crippen LogP contribution in [0.2, 0.25) is 0 Å². The van der Waals surface area contributed by atoms with Gasteiger partial charge in [-0.3, -0.25) is 15.1 Å². The molecule has 0 unspecified atom stereocenters. The molecule has 156 valence electrons. The number of hydrogen-bond acceptors (Lipinski definition) is 6. The fraction of sp³-hybridized carbons (Fsp3) is 0.217. The minimum absolute atomic E-state index is 0.151. The Hall–Kier alpha value is -3.52. The van der Waals surface area contributed by atoms with Crippen LogP contribution in [0, 0.1) is 0 Å². The molecule has 1 N–H and O–H groups in total. The van der Waals surface area contributed by atoms with Gasteiger partial charge in [0.2, 0.25) is 0 Å². The Balaban J connectivity index is 1.24. The first-order valence-electron chi connectivity index (χ1n) is 10.2. The summed E-state index contributed by atoms with van der Waals surface area (Å²) in [6.45, 7) is 2.47. The molecule has 0 radical (unpaired) electrons. The Morgan fingerprint density at radius 3 is 2.87 bits per heavy atom. The lowest BCUT2D eigenvalue weighted by atomic mass is 10.1. The number of carbonyl (C=O) groups excluding carboxylic acids is 1. The van der Waals surface area contributed by atoms with E-state index in [1.54, 1.807) is 12.4 Å². The van der Waals surface area contributed by atoms with Crippen molar-refractivity contribution in [1.82, 2.24) is 19.5 Å². The van der Waals surface area contributed by atoms with Gasteiger partial charge in [-0.25, -0.2) is 9.97 Å². The van der Waals surface area contributed by atoms with Crippen LogP contribution in [-0.2, 0) is 6.54 Å². The summed E-state index contributed by atoms with van der Waals surface area (Å²) in [5.41, 5.74) is 2.73. The average Bonchev–Trinajstić information content (AvgIpc) is 3.56. The third-order valence-corrected chi connectivity index (χ3v) is 6.26. The van der Waals surface area contributed by atoms with Crippen molar-refractivity contribution in [2.45, 2.75) is 18.9 Å². The molecule has 4 aromatic rings. The van der Waals surface area contributed by atoms with Crippen LogP contribution in [0.3, 0.4) is 0 Å². The normalized spacial score (nSPS) is 15.9. The standard InChI is InChI=1S/C23H22N6OS/c30-22(20-4-3-12-28(20)14-17-6-10-24-11-7-17)27-23-26-19(16-31-23)18-8-13-29(15-18)21-5-1-2-9-25-21/h1-7,9-12,16,18H,8,13-15H2,(H,26,27,30)/t18-/m0/s1. The van der Waals surface area contributed by atoms with Gasteiger partial charge in [-0.2, -0.15) is 0 Å². The van der Waals surface area contributed by atoms with Crippen LogP contribution in [0.4, 0.5) is 10.9 Å². The zero-order valence-electron chi connectivity index (χ0n) is 16.9. The average molecular weight is 431 g/mol. The van der Waals surface area contributed by atoms with Crippen molar-refractivity contribution in [2.24, 2.45) is 0 Å². The molecule has 5 rings (SSSR count). The fourth-order valence-corrected chi connectivity index (χ4v) is 4.67. The Labute approximate surface area is 184 Å². The van der Waals surface area contributed by atoms with E-state index in [0.717, 1.165) is 36.6 Å². The summed E-state index contributed by atoms with van der Waals surface area (Å²) < 4.78 is 1.93. The quantitative estimate of drug-likeness (QED) is 0.500. The maximum atomic E-state index is 12.9. The smallest absolute Gasteiger partial charge is 0.274 e. The maximum absolute atomic E-state index is 12.9. The summed E-state index contributed by atoms with van der Waals surface area (Å²) in [4.78, 5) is 28.3. The van der Waals surface area contributed by atoms with Crippen molar-refractivity contribution in [3.8, 4) is 0 Å². The Morgan fingerprint density at radius 2 is 2.03 bits per heavy atom. The number of carbonyl (C=O) groups is 1. The number of amides is 1. The second kappa shape index (κ2) is 8.69. The molecule has 0 aromatic carbocycles. The van der Waals surface area contributed by atoms with Crippen LogP contribution < -0.4 is 10.2 Å². The summed E-state index contributed by atoms with van der Waals surface area (Å²) in [7, 11) is 0. The van der Waals surface area contributed by atoms with Crippen LogP contribution in [0.15, 0.2) is 72.6 Å². The zero-order valence-corrected chi connectivity index (χ0v) is 17.7. The SMILES string of the molecule is O=C(Nc1nc([C@H]2CCN(c3ccccn3)C2)cs1)c1cccn1Cc1ccncc1. The topological polar surface area (TPSA) is 75.9 Å². The van der Waals surface area contributed by atoms with Crippen LogP contribution in [0.1, 0.15) is 34.1 Å². The number of rotatable bonds is 6. The van der Waals surface area contributed by atoms with Crippen molar-refractivity contribution in [3.05, 3.63) is 89.6 Å². The van der Waals surface area contributed by atoms with Gasteiger partial charge in [0.1, 0.15) is 11.5 Å². The Bertz CT molecular complexity index is 1160. The maximum Gasteiger partial charge on any atom is 0.274 e. The summed E-state index contributed by atoms with van der Waals surface area (Å²) in [6, 6.07) is 13.6. The molecule has 7 nitrogen and oxygen atoms in total. The second-order valence-corrected chi connectivity index (χ2v) is 8.39. The van der Waals surface area contributed by atoms with Crippen molar-refractivity contribution in [3.63, 3.8) is 0 Å². The summed E-state index contributed by atoms with van der Waals surface area (Å²) in [5.74, 6) is 1.20. The highest BCUT2D eigenvalue weighted by Crippen LogP contribution is 2.31. The van der Waals surface area contributed by atoms with Crippen molar-refractivity contribution in [2.75, 3.05) is 23.3 Å². The van der Waals surface area contributed by atoms with E-state index in [0.29, 0.717) is 23.3 Å². The lowest BCUT2D eigenvalue weighted by Gasteiger charge is -2.16. The predicted octanol–water partition coefficient (Wildman–Crippen LogP) is 4.03. The third kappa shape index (κ3) is 4.34. The van der Waals surface area contributed by atoms with Gasteiger partial charge in [0, 0.05) is 55.7 Å². The monoisotopic (exact) mass is 430 g/mol. The fourth-order valence-electron chi connectivity index (χ4n) is 3.89. The molecule has 5 heterocycles. The van der Waals surface area contributed by atoms with Crippen molar-refractivity contribution in [1.29, 1.82) is 0 Å². The van der Waals surface area contributed by atoms with Gasteiger partial charge in [-0.05, 0) is 48.4 Å². The lowest BCUT2D eigenvalue weighted by Crippen LogP contribution is -2.20. The second-order valence-electron chi connectivity index (χ2n) is 7.53. The molecule has 1 aliphatic heterocycles. The molecule has 8 heteroatoms. The highest BCUT2D eigenvalue weighted by Gasteiger charge is 2.27.